The average Bonchev–Trinajstić information content (AvgIpc) is 3.17. The Bertz CT molecular complexity index is 410. The van der Waals surface area contributed by atoms with Crippen molar-refractivity contribution in [3.63, 3.8) is 0 Å². The van der Waals surface area contributed by atoms with Gasteiger partial charge < -0.3 is 20.1 Å². The number of hydrogen-bond donors (Lipinski definition) is 2. The van der Waals surface area contributed by atoms with E-state index in [1.807, 2.05) is 0 Å². The van der Waals surface area contributed by atoms with Gasteiger partial charge in [-0.2, -0.15) is 0 Å². The molecule has 2 N–H and O–H groups in total. The lowest BCUT2D eigenvalue weighted by Crippen LogP contribution is -2.34. The molecule has 22 heavy (non-hydrogen) atoms. The van der Waals surface area contributed by atoms with Crippen molar-refractivity contribution in [1.82, 2.24) is 10.6 Å². The molecule has 0 bridgehead atoms. The van der Waals surface area contributed by atoms with Crippen molar-refractivity contribution in [1.29, 1.82) is 0 Å². The van der Waals surface area contributed by atoms with Crippen molar-refractivity contribution in [3.8, 4) is 0 Å². The Morgan fingerprint density at radius 3 is 1.50 bits per heavy atom. The molecule has 0 aliphatic carbocycles. The van der Waals surface area contributed by atoms with Gasteiger partial charge >= 0.3 is 23.9 Å². The van der Waals surface area contributed by atoms with Crippen molar-refractivity contribution in [2.45, 2.75) is 50.6 Å². The highest BCUT2D eigenvalue weighted by Crippen LogP contribution is 2.09. The standard InChI is InChI=1S/C14H20N2O6/c17-11(21-13(19)9-3-1-7-15-9)5-6-12(18)22-14(20)10-4-2-8-16-10/h9-10,15-16H,1-8H2/t9-,10-/m0/s1. The van der Waals surface area contributed by atoms with Crippen LogP contribution in [0.1, 0.15) is 38.5 Å². The SMILES string of the molecule is O=C(CCC(=O)OC(=O)[C@@H]1CCCN1)OC(=O)[C@@H]1CCCN1. The second-order valence-corrected chi connectivity index (χ2v) is 5.38. The van der Waals surface area contributed by atoms with Crippen LogP contribution in [-0.4, -0.2) is 49.1 Å². The van der Waals surface area contributed by atoms with Gasteiger partial charge in [0.25, 0.3) is 0 Å². The van der Waals surface area contributed by atoms with E-state index in [9.17, 15) is 19.2 Å². The number of esters is 4. The Kier molecular flexibility index (Phi) is 6.02. The zero-order valence-corrected chi connectivity index (χ0v) is 12.3. The summed E-state index contributed by atoms with van der Waals surface area (Å²) in [5.74, 6) is -2.83. The maximum absolute atomic E-state index is 11.6. The molecule has 2 atom stereocenters. The number of carbonyl (C=O) groups excluding carboxylic acids is 4. The summed E-state index contributed by atoms with van der Waals surface area (Å²) in [6.45, 7) is 1.44. The highest BCUT2D eigenvalue weighted by Gasteiger charge is 2.27. The monoisotopic (exact) mass is 312 g/mol. The molecular formula is C14H20N2O6. The zero-order valence-electron chi connectivity index (χ0n) is 12.3. The summed E-state index contributed by atoms with van der Waals surface area (Å²) >= 11 is 0. The maximum Gasteiger partial charge on any atom is 0.330 e. The molecule has 2 fully saturated rings. The Hall–Kier alpha value is -1.80. The Balaban J connectivity index is 1.63. The van der Waals surface area contributed by atoms with E-state index in [4.69, 9.17) is 0 Å². The fourth-order valence-electron chi connectivity index (χ4n) is 2.44. The number of rotatable bonds is 5. The zero-order chi connectivity index (χ0) is 15.9. The van der Waals surface area contributed by atoms with Crippen LogP contribution in [0, 0.1) is 0 Å². The average molecular weight is 312 g/mol. The molecule has 8 heteroatoms. The highest BCUT2D eigenvalue weighted by molar-refractivity contribution is 5.92. The third kappa shape index (κ3) is 4.88. The molecular weight excluding hydrogens is 292 g/mol. The normalized spacial score (nSPS) is 24.0. The van der Waals surface area contributed by atoms with Crippen molar-refractivity contribution in [2.75, 3.05) is 13.1 Å². The van der Waals surface area contributed by atoms with Gasteiger partial charge in [0.05, 0.1) is 12.8 Å². The van der Waals surface area contributed by atoms with Crippen molar-refractivity contribution in [2.24, 2.45) is 0 Å². The first-order valence-electron chi connectivity index (χ1n) is 7.52. The largest absolute Gasteiger partial charge is 0.392 e. The van der Waals surface area contributed by atoms with Gasteiger partial charge in [0.1, 0.15) is 12.1 Å². The number of carbonyl (C=O) groups is 4. The van der Waals surface area contributed by atoms with Crippen LogP contribution in [0.4, 0.5) is 0 Å². The lowest BCUT2D eigenvalue weighted by Gasteiger charge is -2.09. The molecule has 2 heterocycles. The second kappa shape index (κ2) is 8.00. The lowest BCUT2D eigenvalue weighted by atomic mass is 10.2. The quantitative estimate of drug-likeness (QED) is 0.512. The molecule has 2 saturated heterocycles. The summed E-state index contributed by atoms with van der Waals surface area (Å²) in [5.41, 5.74) is 0. The fraction of sp³-hybridized carbons (Fsp3) is 0.714. The molecule has 0 aromatic carbocycles. The first-order chi connectivity index (χ1) is 10.6. The Morgan fingerprint density at radius 2 is 1.18 bits per heavy atom. The molecule has 0 radical (unpaired) electrons. The summed E-state index contributed by atoms with van der Waals surface area (Å²) in [4.78, 5) is 46.1. The van der Waals surface area contributed by atoms with E-state index in [0.29, 0.717) is 12.8 Å². The topological polar surface area (TPSA) is 111 Å². The molecule has 2 rings (SSSR count). The van der Waals surface area contributed by atoms with E-state index in [2.05, 4.69) is 20.1 Å². The molecule has 8 nitrogen and oxygen atoms in total. The van der Waals surface area contributed by atoms with Crippen LogP contribution in [0.5, 0.6) is 0 Å². The van der Waals surface area contributed by atoms with Crippen LogP contribution < -0.4 is 10.6 Å². The third-order valence-electron chi connectivity index (χ3n) is 3.65. The first-order valence-corrected chi connectivity index (χ1v) is 7.52. The molecule has 0 spiro atoms. The van der Waals surface area contributed by atoms with Crippen molar-refractivity contribution >= 4 is 23.9 Å². The third-order valence-corrected chi connectivity index (χ3v) is 3.65. The predicted octanol–water partition coefficient (Wildman–Crippen LogP) is -0.590. The Morgan fingerprint density at radius 1 is 0.773 bits per heavy atom. The summed E-state index contributed by atoms with van der Waals surface area (Å²) in [6.07, 6.45) is 2.41. The van der Waals surface area contributed by atoms with Crippen LogP contribution >= 0.6 is 0 Å². The first kappa shape index (κ1) is 16.6. The van der Waals surface area contributed by atoms with E-state index in [1.54, 1.807) is 0 Å². The minimum Gasteiger partial charge on any atom is -0.392 e. The molecule has 2 aliphatic heterocycles. The molecule has 0 aromatic rings. The number of nitrogens with one attached hydrogen (secondary N) is 2. The van der Waals surface area contributed by atoms with E-state index in [0.717, 1.165) is 25.9 Å². The molecule has 0 unspecified atom stereocenters. The summed E-state index contributed by atoms with van der Waals surface area (Å²) < 4.78 is 9.29. The van der Waals surface area contributed by atoms with E-state index < -0.39 is 36.0 Å². The lowest BCUT2D eigenvalue weighted by molar-refractivity contribution is -0.166. The fourth-order valence-corrected chi connectivity index (χ4v) is 2.44. The van der Waals surface area contributed by atoms with Crippen molar-refractivity contribution < 1.29 is 28.7 Å². The molecule has 0 amide bonds. The Labute approximate surface area is 127 Å². The van der Waals surface area contributed by atoms with Gasteiger partial charge in [-0.3, -0.25) is 9.59 Å². The van der Waals surface area contributed by atoms with Crippen LogP contribution in [0.25, 0.3) is 0 Å². The van der Waals surface area contributed by atoms with E-state index in [1.165, 1.54) is 0 Å². The molecule has 0 aromatic heterocycles. The van der Waals surface area contributed by atoms with Crippen molar-refractivity contribution in [3.05, 3.63) is 0 Å². The maximum atomic E-state index is 11.6. The van der Waals surface area contributed by atoms with Gasteiger partial charge in [-0.1, -0.05) is 0 Å². The van der Waals surface area contributed by atoms with Gasteiger partial charge in [-0.15, -0.1) is 0 Å². The number of ether oxygens (including phenoxy) is 2. The molecule has 122 valence electrons. The molecule has 0 saturated carbocycles. The predicted molar refractivity (Wildman–Crippen MR) is 73.5 cm³/mol. The summed E-state index contributed by atoms with van der Waals surface area (Å²) in [6, 6.07) is -0.906. The van der Waals surface area contributed by atoms with Gasteiger partial charge in [0, 0.05) is 0 Å². The van der Waals surface area contributed by atoms with Crippen LogP contribution in [0.3, 0.4) is 0 Å². The van der Waals surface area contributed by atoms with Crippen LogP contribution in [-0.2, 0) is 28.7 Å². The minimum absolute atomic E-state index is 0.289. The van der Waals surface area contributed by atoms with E-state index >= 15 is 0 Å². The van der Waals surface area contributed by atoms with E-state index in [-0.39, 0.29) is 12.8 Å². The van der Waals surface area contributed by atoms with Gasteiger partial charge in [0.15, 0.2) is 0 Å². The van der Waals surface area contributed by atoms with Crippen LogP contribution in [0.15, 0.2) is 0 Å². The number of hydrogen-bond acceptors (Lipinski definition) is 8. The van der Waals surface area contributed by atoms with Gasteiger partial charge in [-0.25, -0.2) is 9.59 Å². The molecule has 2 aliphatic rings. The van der Waals surface area contributed by atoms with Crippen LogP contribution in [0.2, 0.25) is 0 Å². The van der Waals surface area contributed by atoms with Gasteiger partial charge in [-0.05, 0) is 38.8 Å². The van der Waals surface area contributed by atoms with Gasteiger partial charge in [0.2, 0.25) is 0 Å². The second-order valence-electron chi connectivity index (χ2n) is 5.38. The summed E-state index contributed by atoms with van der Waals surface area (Å²) in [5, 5.41) is 5.83. The minimum atomic E-state index is -0.790. The highest BCUT2D eigenvalue weighted by atomic mass is 16.6. The smallest absolute Gasteiger partial charge is 0.330 e. The summed E-state index contributed by atoms with van der Waals surface area (Å²) in [7, 11) is 0.